The van der Waals surface area contributed by atoms with Gasteiger partial charge in [0.25, 0.3) is 5.56 Å². The van der Waals surface area contributed by atoms with Crippen molar-refractivity contribution in [3.05, 3.63) is 50.5 Å². The van der Waals surface area contributed by atoms with Gasteiger partial charge in [-0.25, -0.2) is 4.98 Å². The van der Waals surface area contributed by atoms with E-state index < -0.39 is 0 Å². The number of aromatic nitrogens is 2. The van der Waals surface area contributed by atoms with E-state index >= 15 is 0 Å². The third-order valence-electron chi connectivity index (χ3n) is 3.71. The van der Waals surface area contributed by atoms with Crippen molar-refractivity contribution in [2.75, 3.05) is 11.1 Å². The molecule has 0 fully saturated rings. The molecule has 26 heavy (non-hydrogen) atoms. The van der Waals surface area contributed by atoms with Crippen LogP contribution in [0.15, 0.2) is 50.1 Å². The lowest BCUT2D eigenvalue weighted by Gasteiger charge is -2.11. The Morgan fingerprint density at radius 2 is 2.23 bits per heavy atom. The van der Waals surface area contributed by atoms with E-state index in [0.29, 0.717) is 21.9 Å². The van der Waals surface area contributed by atoms with E-state index in [2.05, 4.69) is 33.2 Å². The van der Waals surface area contributed by atoms with Crippen molar-refractivity contribution in [3.63, 3.8) is 0 Å². The number of unbranched alkanes of at least 4 members (excludes halogenated alkanes) is 1. The van der Waals surface area contributed by atoms with E-state index in [0.717, 1.165) is 23.0 Å². The normalized spacial score (nSPS) is 11.0. The lowest BCUT2D eigenvalue weighted by Crippen LogP contribution is -2.23. The van der Waals surface area contributed by atoms with Crippen LogP contribution in [0.25, 0.3) is 10.2 Å². The maximum Gasteiger partial charge on any atom is 0.272 e. The van der Waals surface area contributed by atoms with Crippen LogP contribution in [0.3, 0.4) is 0 Å². The van der Waals surface area contributed by atoms with Crippen molar-refractivity contribution in [3.8, 4) is 0 Å². The number of amides is 1. The van der Waals surface area contributed by atoms with Gasteiger partial charge in [-0.1, -0.05) is 47.1 Å². The Labute approximate surface area is 168 Å². The number of benzene rings is 1. The van der Waals surface area contributed by atoms with Gasteiger partial charge in [0.15, 0.2) is 5.16 Å². The molecule has 136 valence electrons. The Hall–Kier alpha value is -1.64. The van der Waals surface area contributed by atoms with Crippen LogP contribution < -0.4 is 10.9 Å². The van der Waals surface area contributed by atoms with Crippen molar-refractivity contribution in [1.29, 1.82) is 0 Å². The molecule has 1 amide bonds. The largest absolute Gasteiger partial charge is 0.325 e. The topological polar surface area (TPSA) is 64.0 Å². The van der Waals surface area contributed by atoms with Gasteiger partial charge in [-0.15, -0.1) is 11.3 Å². The molecule has 0 aliphatic carbocycles. The molecule has 0 spiro atoms. The van der Waals surface area contributed by atoms with Crippen molar-refractivity contribution >= 4 is 60.8 Å². The minimum Gasteiger partial charge on any atom is -0.325 e. The maximum absolute atomic E-state index is 12.7. The third kappa shape index (κ3) is 4.55. The summed E-state index contributed by atoms with van der Waals surface area (Å²) >= 11 is 6.09. The first-order valence-electron chi connectivity index (χ1n) is 8.24. The molecule has 1 aromatic carbocycles. The highest BCUT2D eigenvalue weighted by atomic mass is 79.9. The van der Waals surface area contributed by atoms with Crippen molar-refractivity contribution < 1.29 is 4.79 Å². The van der Waals surface area contributed by atoms with Gasteiger partial charge in [0.2, 0.25) is 5.91 Å². The van der Waals surface area contributed by atoms with Crippen molar-refractivity contribution in [2.45, 2.75) is 31.5 Å². The van der Waals surface area contributed by atoms with E-state index in [9.17, 15) is 9.59 Å². The van der Waals surface area contributed by atoms with E-state index in [1.807, 2.05) is 35.7 Å². The first-order valence-corrected chi connectivity index (χ1v) is 10.9. The number of hydrogen-bond donors (Lipinski definition) is 1. The average molecular weight is 452 g/mol. The number of thioether (sulfide) groups is 1. The van der Waals surface area contributed by atoms with Crippen LogP contribution >= 0.6 is 39.0 Å². The highest BCUT2D eigenvalue weighted by Crippen LogP contribution is 2.22. The molecule has 5 nitrogen and oxygen atoms in total. The lowest BCUT2D eigenvalue weighted by atomic mass is 10.3. The monoisotopic (exact) mass is 451 g/mol. The summed E-state index contributed by atoms with van der Waals surface area (Å²) in [4.78, 5) is 29.6. The number of hydrogen-bond acceptors (Lipinski definition) is 5. The standard InChI is InChI=1S/C18H18BrN3O2S2/c1-2-3-8-22-17(24)16-14(7-9-25-16)21-18(22)26-11-15(23)20-13-6-4-5-12(19)10-13/h4-7,9-10H,2-3,8,11H2,1H3,(H,20,23). The summed E-state index contributed by atoms with van der Waals surface area (Å²) in [7, 11) is 0. The lowest BCUT2D eigenvalue weighted by molar-refractivity contribution is -0.113. The minimum atomic E-state index is -0.130. The van der Waals surface area contributed by atoms with Gasteiger partial charge in [-0.3, -0.25) is 14.2 Å². The number of carbonyl (C=O) groups is 1. The van der Waals surface area contributed by atoms with E-state index in [1.165, 1.54) is 23.1 Å². The molecule has 0 atom stereocenters. The number of nitrogens with zero attached hydrogens (tertiary/aromatic N) is 2. The fourth-order valence-corrected chi connectivity index (χ4v) is 4.44. The van der Waals surface area contributed by atoms with Gasteiger partial charge in [0.1, 0.15) is 4.70 Å². The molecule has 2 heterocycles. The fourth-order valence-electron chi connectivity index (χ4n) is 2.44. The molecule has 0 radical (unpaired) electrons. The summed E-state index contributed by atoms with van der Waals surface area (Å²) in [6.45, 7) is 2.70. The van der Waals surface area contributed by atoms with Crippen LogP contribution in [-0.4, -0.2) is 21.2 Å². The Morgan fingerprint density at radius 1 is 1.38 bits per heavy atom. The predicted octanol–water partition coefficient (Wildman–Crippen LogP) is 4.75. The van der Waals surface area contributed by atoms with Crippen LogP contribution in [0.2, 0.25) is 0 Å². The van der Waals surface area contributed by atoms with E-state index in [-0.39, 0.29) is 17.2 Å². The van der Waals surface area contributed by atoms with Gasteiger partial charge >= 0.3 is 0 Å². The summed E-state index contributed by atoms with van der Waals surface area (Å²) in [6, 6.07) is 9.28. The molecule has 0 aliphatic rings. The first-order chi connectivity index (χ1) is 12.6. The van der Waals surface area contributed by atoms with Crippen molar-refractivity contribution in [1.82, 2.24) is 9.55 Å². The first kappa shape index (κ1) is 19.1. The molecule has 0 saturated carbocycles. The summed E-state index contributed by atoms with van der Waals surface area (Å²) in [5.74, 6) is 0.0654. The second-order valence-corrected chi connectivity index (χ2v) is 8.46. The second kappa shape index (κ2) is 8.83. The molecule has 3 aromatic rings. The maximum atomic E-state index is 12.7. The van der Waals surface area contributed by atoms with Crippen LogP contribution in [-0.2, 0) is 11.3 Å². The Bertz CT molecular complexity index is 984. The Morgan fingerprint density at radius 3 is 3.00 bits per heavy atom. The highest BCUT2D eigenvalue weighted by molar-refractivity contribution is 9.10. The molecular formula is C18H18BrN3O2S2. The summed E-state index contributed by atoms with van der Waals surface area (Å²) in [6.07, 6.45) is 1.89. The number of nitrogens with one attached hydrogen (secondary N) is 1. The van der Waals surface area contributed by atoms with Crippen LogP contribution in [0.1, 0.15) is 19.8 Å². The van der Waals surface area contributed by atoms with Crippen LogP contribution in [0.5, 0.6) is 0 Å². The third-order valence-corrected chi connectivity index (χ3v) is 6.07. The van der Waals surface area contributed by atoms with Gasteiger partial charge in [0.05, 0.1) is 11.3 Å². The summed E-state index contributed by atoms with van der Waals surface area (Å²) in [5.41, 5.74) is 1.41. The van der Waals surface area contributed by atoms with Crippen LogP contribution in [0.4, 0.5) is 5.69 Å². The number of anilines is 1. The second-order valence-electron chi connectivity index (χ2n) is 5.69. The van der Waals surface area contributed by atoms with E-state index in [1.54, 1.807) is 4.57 Å². The zero-order valence-electron chi connectivity index (χ0n) is 14.2. The van der Waals surface area contributed by atoms with Gasteiger partial charge in [-0.05, 0) is 36.1 Å². The smallest absolute Gasteiger partial charge is 0.272 e. The minimum absolute atomic E-state index is 0.0200. The SMILES string of the molecule is CCCCn1c(SCC(=O)Nc2cccc(Br)c2)nc2ccsc2c1=O. The molecule has 0 bridgehead atoms. The fraction of sp³-hybridized carbons (Fsp3) is 0.278. The molecule has 0 aliphatic heterocycles. The molecule has 2 aromatic heterocycles. The molecule has 1 N–H and O–H groups in total. The summed E-state index contributed by atoms with van der Waals surface area (Å²) < 4.78 is 3.27. The quantitative estimate of drug-likeness (QED) is 0.415. The zero-order valence-corrected chi connectivity index (χ0v) is 17.4. The number of carbonyl (C=O) groups excluding carboxylic acids is 1. The zero-order chi connectivity index (χ0) is 18.5. The number of thiophene rings is 1. The predicted molar refractivity (Wildman–Crippen MR) is 112 cm³/mol. The number of fused-ring (bicyclic) bond motifs is 1. The average Bonchev–Trinajstić information content (AvgIpc) is 3.08. The molecule has 3 rings (SSSR count). The highest BCUT2D eigenvalue weighted by Gasteiger charge is 2.14. The van der Waals surface area contributed by atoms with Crippen LogP contribution in [0, 0.1) is 0 Å². The number of halogens is 1. The molecular weight excluding hydrogens is 434 g/mol. The summed E-state index contributed by atoms with van der Waals surface area (Å²) in [5, 5.41) is 5.33. The molecule has 0 unspecified atom stereocenters. The van der Waals surface area contributed by atoms with Gasteiger partial charge < -0.3 is 5.32 Å². The van der Waals surface area contributed by atoms with Crippen molar-refractivity contribution in [2.24, 2.45) is 0 Å². The molecule has 0 saturated heterocycles. The Balaban J connectivity index is 1.76. The Kier molecular flexibility index (Phi) is 6.50. The molecule has 8 heteroatoms. The van der Waals surface area contributed by atoms with E-state index in [4.69, 9.17) is 0 Å². The van der Waals surface area contributed by atoms with Gasteiger partial charge in [0, 0.05) is 16.7 Å². The number of rotatable bonds is 7. The van der Waals surface area contributed by atoms with Gasteiger partial charge in [-0.2, -0.15) is 0 Å².